The van der Waals surface area contributed by atoms with Gasteiger partial charge in [0.25, 0.3) is 5.91 Å². The molecule has 0 aliphatic carbocycles. The monoisotopic (exact) mass is 414 g/mol. The Hall–Kier alpha value is -3.00. The van der Waals surface area contributed by atoms with Crippen molar-refractivity contribution in [2.75, 3.05) is 18.1 Å². The first-order chi connectivity index (χ1) is 14.0. The lowest BCUT2D eigenvalue weighted by atomic mass is 10.1. The molecule has 3 rings (SSSR count). The SMILES string of the molecule is O=C(O)CCN1C(=O)C(NC(=O)C(S)Cc2ccccc2)COc2ccccc21. The molecule has 152 valence electrons. The highest BCUT2D eigenvalue weighted by atomic mass is 32.1. The Morgan fingerprint density at radius 2 is 1.86 bits per heavy atom. The average molecular weight is 414 g/mol. The molecule has 1 aliphatic heterocycles. The summed E-state index contributed by atoms with van der Waals surface area (Å²) in [5.41, 5.74) is 1.45. The van der Waals surface area contributed by atoms with Crippen LogP contribution in [0.1, 0.15) is 12.0 Å². The number of para-hydroxylation sites is 2. The second-order valence-electron chi connectivity index (χ2n) is 6.68. The Labute approximate surface area is 174 Å². The number of nitrogens with zero attached hydrogens (tertiary/aromatic N) is 1. The summed E-state index contributed by atoms with van der Waals surface area (Å²) in [4.78, 5) is 38.0. The third-order valence-electron chi connectivity index (χ3n) is 4.57. The van der Waals surface area contributed by atoms with Gasteiger partial charge in [-0.2, -0.15) is 12.6 Å². The molecule has 29 heavy (non-hydrogen) atoms. The van der Waals surface area contributed by atoms with E-state index in [1.807, 2.05) is 30.3 Å². The molecule has 0 fully saturated rings. The van der Waals surface area contributed by atoms with Crippen LogP contribution in [0.15, 0.2) is 54.6 Å². The molecule has 2 aromatic rings. The summed E-state index contributed by atoms with van der Waals surface area (Å²) in [5, 5.41) is 11.1. The van der Waals surface area contributed by atoms with Crippen molar-refractivity contribution in [3.63, 3.8) is 0 Å². The molecule has 0 saturated carbocycles. The van der Waals surface area contributed by atoms with Crippen LogP contribution in [0, 0.1) is 0 Å². The number of amides is 2. The van der Waals surface area contributed by atoms with Crippen molar-refractivity contribution in [1.82, 2.24) is 5.32 Å². The largest absolute Gasteiger partial charge is 0.489 e. The minimum atomic E-state index is -1.01. The number of fused-ring (bicyclic) bond motifs is 1. The van der Waals surface area contributed by atoms with Crippen LogP contribution in [0.3, 0.4) is 0 Å². The van der Waals surface area contributed by atoms with E-state index >= 15 is 0 Å². The molecule has 0 spiro atoms. The second kappa shape index (κ2) is 9.47. The van der Waals surface area contributed by atoms with Gasteiger partial charge in [-0.15, -0.1) is 0 Å². The maximum atomic E-state index is 13.1. The molecule has 2 atom stereocenters. The van der Waals surface area contributed by atoms with Crippen molar-refractivity contribution in [3.8, 4) is 5.75 Å². The van der Waals surface area contributed by atoms with Crippen molar-refractivity contribution in [1.29, 1.82) is 0 Å². The van der Waals surface area contributed by atoms with Gasteiger partial charge in [-0.05, 0) is 24.1 Å². The highest BCUT2D eigenvalue weighted by Gasteiger charge is 2.33. The second-order valence-corrected chi connectivity index (χ2v) is 7.30. The van der Waals surface area contributed by atoms with E-state index in [1.165, 1.54) is 4.90 Å². The zero-order chi connectivity index (χ0) is 20.8. The number of rotatable bonds is 7. The van der Waals surface area contributed by atoms with Crippen molar-refractivity contribution in [2.45, 2.75) is 24.1 Å². The Bertz CT molecular complexity index is 890. The van der Waals surface area contributed by atoms with Gasteiger partial charge in [-0.1, -0.05) is 42.5 Å². The summed E-state index contributed by atoms with van der Waals surface area (Å²) in [6.07, 6.45) is 0.199. The van der Waals surface area contributed by atoms with Gasteiger partial charge in [-0.25, -0.2) is 0 Å². The van der Waals surface area contributed by atoms with Crippen LogP contribution in [0.25, 0.3) is 0 Å². The molecule has 0 saturated heterocycles. The number of aliphatic carboxylic acids is 1. The first-order valence-corrected chi connectivity index (χ1v) is 9.74. The molecule has 0 aromatic heterocycles. The Morgan fingerprint density at radius 1 is 1.17 bits per heavy atom. The van der Waals surface area contributed by atoms with Crippen molar-refractivity contribution in [2.24, 2.45) is 0 Å². The molecule has 0 radical (unpaired) electrons. The number of carboxylic acid groups (broad SMARTS) is 1. The first-order valence-electron chi connectivity index (χ1n) is 9.23. The molecular weight excluding hydrogens is 392 g/mol. The van der Waals surface area contributed by atoms with Crippen molar-refractivity contribution >= 4 is 36.1 Å². The van der Waals surface area contributed by atoms with E-state index in [-0.39, 0.29) is 25.5 Å². The normalized spacial score (nSPS) is 16.9. The highest BCUT2D eigenvalue weighted by molar-refractivity contribution is 7.81. The molecule has 8 heteroatoms. The number of benzene rings is 2. The molecule has 1 heterocycles. The van der Waals surface area contributed by atoms with Gasteiger partial charge < -0.3 is 20.1 Å². The summed E-state index contributed by atoms with van der Waals surface area (Å²) in [6, 6.07) is 15.4. The van der Waals surface area contributed by atoms with E-state index < -0.39 is 23.2 Å². The number of nitrogens with one attached hydrogen (secondary N) is 1. The number of carbonyl (C=O) groups excluding carboxylic acids is 2. The molecule has 0 bridgehead atoms. The third-order valence-corrected chi connectivity index (χ3v) is 4.98. The molecular formula is C21H22N2O5S. The third kappa shape index (κ3) is 5.29. The van der Waals surface area contributed by atoms with Gasteiger partial charge in [0.05, 0.1) is 17.4 Å². The maximum absolute atomic E-state index is 13.1. The minimum absolute atomic E-state index is 0.0186. The Balaban J connectivity index is 1.73. The molecule has 7 nitrogen and oxygen atoms in total. The maximum Gasteiger partial charge on any atom is 0.305 e. The minimum Gasteiger partial charge on any atom is -0.489 e. The lowest BCUT2D eigenvalue weighted by Gasteiger charge is -2.25. The standard InChI is InChI=1S/C21H22N2O5S/c24-19(25)10-11-23-16-8-4-5-9-17(16)28-13-15(21(23)27)22-20(26)18(29)12-14-6-2-1-3-7-14/h1-9,15,18,29H,10-13H2,(H,22,26)(H,24,25). The number of hydrogen-bond acceptors (Lipinski definition) is 5. The average Bonchev–Trinajstić information content (AvgIpc) is 2.84. The summed E-state index contributed by atoms with van der Waals surface area (Å²) in [5.74, 6) is -1.35. The number of carbonyl (C=O) groups is 3. The summed E-state index contributed by atoms with van der Waals surface area (Å²) in [7, 11) is 0. The van der Waals surface area contributed by atoms with Gasteiger partial charge in [0, 0.05) is 6.54 Å². The van der Waals surface area contributed by atoms with E-state index in [0.717, 1.165) is 5.56 Å². The van der Waals surface area contributed by atoms with E-state index in [2.05, 4.69) is 17.9 Å². The smallest absolute Gasteiger partial charge is 0.305 e. The Morgan fingerprint density at radius 3 is 2.59 bits per heavy atom. The number of anilines is 1. The van der Waals surface area contributed by atoms with Gasteiger partial charge in [-0.3, -0.25) is 14.4 Å². The predicted octanol–water partition coefficient (Wildman–Crippen LogP) is 1.91. The fraction of sp³-hybridized carbons (Fsp3) is 0.286. The lowest BCUT2D eigenvalue weighted by molar-refractivity contribution is -0.136. The molecule has 2 N–H and O–H groups in total. The Kier molecular flexibility index (Phi) is 6.77. The van der Waals surface area contributed by atoms with Gasteiger partial charge in [0.15, 0.2) is 0 Å². The molecule has 2 aromatic carbocycles. The van der Waals surface area contributed by atoms with E-state index in [1.54, 1.807) is 24.3 Å². The van der Waals surface area contributed by atoms with Crippen LogP contribution < -0.4 is 15.0 Å². The fourth-order valence-electron chi connectivity index (χ4n) is 3.09. The van der Waals surface area contributed by atoms with Gasteiger partial charge in [0.1, 0.15) is 18.4 Å². The zero-order valence-corrected chi connectivity index (χ0v) is 16.5. The highest BCUT2D eigenvalue weighted by Crippen LogP contribution is 2.31. The molecule has 2 amide bonds. The number of carboxylic acids is 1. The van der Waals surface area contributed by atoms with Crippen LogP contribution >= 0.6 is 12.6 Å². The van der Waals surface area contributed by atoms with Gasteiger partial charge in [0.2, 0.25) is 5.91 Å². The van der Waals surface area contributed by atoms with Crippen LogP contribution in [0.5, 0.6) is 5.75 Å². The van der Waals surface area contributed by atoms with Crippen LogP contribution in [-0.4, -0.2) is 47.3 Å². The van der Waals surface area contributed by atoms with E-state index in [4.69, 9.17) is 9.84 Å². The summed E-state index contributed by atoms with van der Waals surface area (Å²) in [6.45, 7) is -0.0633. The van der Waals surface area contributed by atoms with Crippen LogP contribution in [0.4, 0.5) is 5.69 Å². The number of thiol groups is 1. The van der Waals surface area contributed by atoms with E-state index in [0.29, 0.717) is 17.9 Å². The predicted molar refractivity (Wildman–Crippen MR) is 111 cm³/mol. The summed E-state index contributed by atoms with van der Waals surface area (Å²) >= 11 is 4.38. The number of ether oxygens (including phenoxy) is 1. The van der Waals surface area contributed by atoms with Crippen molar-refractivity contribution in [3.05, 3.63) is 60.2 Å². The zero-order valence-electron chi connectivity index (χ0n) is 15.7. The topological polar surface area (TPSA) is 95.9 Å². The fourth-order valence-corrected chi connectivity index (χ4v) is 3.38. The van der Waals surface area contributed by atoms with E-state index in [9.17, 15) is 14.4 Å². The lowest BCUT2D eigenvalue weighted by Crippen LogP contribution is -2.52. The molecule has 1 aliphatic rings. The van der Waals surface area contributed by atoms with Crippen LogP contribution in [-0.2, 0) is 20.8 Å². The van der Waals surface area contributed by atoms with Crippen molar-refractivity contribution < 1.29 is 24.2 Å². The first kappa shape index (κ1) is 20.7. The quantitative estimate of drug-likeness (QED) is 0.602. The summed E-state index contributed by atoms with van der Waals surface area (Å²) < 4.78 is 5.72. The number of hydrogen-bond donors (Lipinski definition) is 3. The molecule has 2 unspecified atom stereocenters. The van der Waals surface area contributed by atoms with Gasteiger partial charge >= 0.3 is 5.97 Å². The van der Waals surface area contributed by atoms with Crippen LogP contribution in [0.2, 0.25) is 0 Å².